The minimum absolute atomic E-state index is 0.143. The predicted molar refractivity (Wildman–Crippen MR) is 126 cm³/mol. The van der Waals surface area contributed by atoms with Gasteiger partial charge in [-0.2, -0.15) is 0 Å². The van der Waals surface area contributed by atoms with Crippen LogP contribution in [-0.2, 0) is 4.79 Å². The van der Waals surface area contributed by atoms with Crippen molar-refractivity contribution in [2.24, 2.45) is 0 Å². The van der Waals surface area contributed by atoms with Crippen molar-refractivity contribution in [3.63, 3.8) is 0 Å². The minimum Gasteiger partial charge on any atom is -0.339 e. The van der Waals surface area contributed by atoms with Crippen molar-refractivity contribution in [2.45, 2.75) is 24.3 Å². The number of rotatable bonds is 5. The molecule has 1 aliphatic rings. The Kier molecular flexibility index (Phi) is 6.65. The molecule has 0 aliphatic carbocycles. The number of piperazine rings is 1. The lowest BCUT2D eigenvalue weighted by molar-refractivity contribution is -0.131. The van der Waals surface area contributed by atoms with Crippen molar-refractivity contribution in [3.05, 3.63) is 59.1 Å². The molecule has 1 saturated heterocycles. The number of aryl methyl sites for hydroxylation is 1. The van der Waals surface area contributed by atoms with Crippen LogP contribution >= 0.6 is 23.4 Å². The molecule has 8 heteroatoms. The summed E-state index contributed by atoms with van der Waals surface area (Å²) in [4.78, 5) is 17.2. The molecule has 0 radical (unpaired) electrons. The number of carbonyl (C=O) groups excluding carboxylic acids is 1. The highest BCUT2D eigenvalue weighted by atomic mass is 35.5. The molecule has 1 aromatic heterocycles. The molecule has 3 aromatic rings. The van der Waals surface area contributed by atoms with Crippen LogP contribution in [0.25, 0.3) is 17.1 Å². The number of hydrogen-bond donors (Lipinski definition) is 0. The lowest BCUT2D eigenvalue weighted by Crippen LogP contribution is -2.49. The number of amides is 1. The van der Waals surface area contributed by atoms with E-state index in [0.29, 0.717) is 10.2 Å². The fraction of sp³-hybridized carbons (Fsp3) is 0.348. The molecule has 1 fully saturated rings. The molecule has 1 atom stereocenters. The molecular weight excluding hydrogens is 430 g/mol. The zero-order valence-electron chi connectivity index (χ0n) is 18.0. The summed E-state index contributed by atoms with van der Waals surface area (Å²) < 4.78 is 2.01. The molecule has 2 aromatic carbocycles. The van der Waals surface area contributed by atoms with E-state index < -0.39 is 0 Å². The normalized spacial score (nSPS) is 15.8. The predicted octanol–water partition coefficient (Wildman–Crippen LogP) is 4.15. The van der Waals surface area contributed by atoms with Gasteiger partial charge >= 0.3 is 0 Å². The first-order valence-corrected chi connectivity index (χ1v) is 11.6. The van der Waals surface area contributed by atoms with E-state index in [9.17, 15) is 4.79 Å². The van der Waals surface area contributed by atoms with Crippen LogP contribution < -0.4 is 0 Å². The van der Waals surface area contributed by atoms with Gasteiger partial charge in [0.1, 0.15) is 0 Å². The fourth-order valence-electron chi connectivity index (χ4n) is 3.55. The van der Waals surface area contributed by atoms with Gasteiger partial charge in [-0.1, -0.05) is 41.1 Å². The van der Waals surface area contributed by atoms with Gasteiger partial charge in [0.2, 0.25) is 5.91 Å². The van der Waals surface area contributed by atoms with Crippen molar-refractivity contribution in [1.82, 2.24) is 24.6 Å². The summed E-state index contributed by atoms with van der Waals surface area (Å²) in [5.41, 5.74) is 3.06. The van der Waals surface area contributed by atoms with Gasteiger partial charge in [-0.15, -0.1) is 10.2 Å². The highest BCUT2D eigenvalue weighted by molar-refractivity contribution is 8.00. The number of halogens is 1. The number of hydrogen-bond acceptors (Lipinski definition) is 5. The molecule has 1 aliphatic heterocycles. The van der Waals surface area contributed by atoms with Crippen LogP contribution in [0.1, 0.15) is 12.5 Å². The summed E-state index contributed by atoms with van der Waals surface area (Å²) in [7, 11) is 2.09. The fourth-order valence-corrected chi connectivity index (χ4v) is 4.63. The second kappa shape index (κ2) is 9.42. The van der Waals surface area contributed by atoms with E-state index in [4.69, 9.17) is 11.6 Å². The Hall–Kier alpha value is -2.35. The highest BCUT2D eigenvalue weighted by Gasteiger charge is 2.27. The molecule has 0 spiro atoms. The van der Waals surface area contributed by atoms with Crippen LogP contribution in [0.5, 0.6) is 0 Å². The largest absolute Gasteiger partial charge is 0.339 e. The van der Waals surface area contributed by atoms with E-state index in [-0.39, 0.29) is 11.2 Å². The Balaban J connectivity index is 1.64. The van der Waals surface area contributed by atoms with Crippen LogP contribution in [-0.4, -0.2) is 68.9 Å². The Morgan fingerprint density at radius 3 is 2.29 bits per heavy atom. The summed E-state index contributed by atoms with van der Waals surface area (Å²) in [6.07, 6.45) is 0. The summed E-state index contributed by atoms with van der Waals surface area (Å²) in [6.45, 7) is 7.35. The van der Waals surface area contributed by atoms with Crippen LogP contribution in [0, 0.1) is 6.92 Å². The third kappa shape index (κ3) is 4.95. The maximum absolute atomic E-state index is 13.0. The summed E-state index contributed by atoms with van der Waals surface area (Å²) >= 11 is 7.52. The monoisotopic (exact) mass is 455 g/mol. The van der Waals surface area contributed by atoms with Crippen molar-refractivity contribution < 1.29 is 4.79 Å². The van der Waals surface area contributed by atoms with Gasteiger partial charge in [-0.05, 0) is 57.3 Å². The van der Waals surface area contributed by atoms with Crippen LogP contribution in [0.15, 0.2) is 53.7 Å². The second-order valence-corrected chi connectivity index (χ2v) is 9.62. The molecule has 6 nitrogen and oxygen atoms in total. The van der Waals surface area contributed by atoms with Gasteiger partial charge < -0.3 is 9.80 Å². The zero-order chi connectivity index (χ0) is 22.0. The van der Waals surface area contributed by atoms with Gasteiger partial charge in [0.05, 0.1) is 5.25 Å². The molecular formula is C23H26ClN5OS. The van der Waals surface area contributed by atoms with Crippen molar-refractivity contribution in [2.75, 3.05) is 33.2 Å². The van der Waals surface area contributed by atoms with E-state index in [0.717, 1.165) is 43.3 Å². The number of nitrogens with zero attached hydrogens (tertiary/aromatic N) is 5. The maximum Gasteiger partial charge on any atom is 0.235 e. The Bertz CT molecular complexity index is 1040. The zero-order valence-corrected chi connectivity index (χ0v) is 19.5. The first kappa shape index (κ1) is 21.9. The number of carbonyl (C=O) groups is 1. The highest BCUT2D eigenvalue weighted by Crippen LogP contribution is 2.31. The van der Waals surface area contributed by atoms with Crippen LogP contribution in [0.4, 0.5) is 0 Å². The molecule has 0 unspecified atom stereocenters. The molecule has 1 amide bonds. The van der Waals surface area contributed by atoms with Crippen LogP contribution in [0.3, 0.4) is 0 Å². The van der Waals surface area contributed by atoms with Gasteiger partial charge in [-0.25, -0.2) is 0 Å². The summed E-state index contributed by atoms with van der Waals surface area (Å²) in [5.74, 6) is 0.867. The van der Waals surface area contributed by atoms with E-state index >= 15 is 0 Å². The first-order valence-electron chi connectivity index (χ1n) is 10.3. The molecule has 31 heavy (non-hydrogen) atoms. The van der Waals surface area contributed by atoms with Crippen LogP contribution in [0.2, 0.25) is 5.02 Å². The Morgan fingerprint density at radius 2 is 1.65 bits per heavy atom. The standard InChI is InChI=1S/C23H26ClN5OS/c1-16-4-10-20(11-5-16)29-21(18-6-8-19(24)9-7-18)25-26-23(29)31-17(2)22(30)28-14-12-27(3)13-15-28/h4-11,17H,12-15H2,1-3H3/t17-/m1/s1. The Morgan fingerprint density at radius 1 is 1.00 bits per heavy atom. The summed E-state index contributed by atoms with van der Waals surface area (Å²) in [6, 6.07) is 15.8. The SMILES string of the molecule is Cc1ccc(-n2c(S[C@H](C)C(=O)N3CCN(C)CC3)nnc2-c2ccc(Cl)cc2)cc1. The molecule has 0 saturated carbocycles. The topological polar surface area (TPSA) is 54.3 Å². The van der Waals surface area contributed by atoms with Gasteiger partial charge in [0.25, 0.3) is 0 Å². The number of likely N-dealkylation sites (N-methyl/N-ethyl adjacent to an activating group) is 1. The van der Waals surface area contributed by atoms with E-state index in [1.54, 1.807) is 0 Å². The average molecular weight is 456 g/mol. The lowest BCUT2D eigenvalue weighted by Gasteiger charge is -2.33. The van der Waals surface area contributed by atoms with Crippen molar-refractivity contribution in [3.8, 4) is 17.1 Å². The molecule has 162 valence electrons. The lowest BCUT2D eigenvalue weighted by atomic mass is 10.2. The third-order valence-corrected chi connectivity index (χ3v) is 6.76. The number of thioether (sulfide) groups is 1. The molecule has 2 heterocycles. The van der Waals surface area contributed by atoms with Gasteiger partial charge in [0, 0.05) is 42.5 Å². The quantitative estimate of drug-likeness (QED) is 0.541. The smallest absolute Gasteiger partial charge is 0.235 e. The molecule has 0 N–H and O–H groups in total. The van der Waals surface area contributed by atoms with Crippen molar-refractivity contribution >= 4 is 29.3 Å². The summed E-state index contributed by atoms with van der Waals surface area (Å²) in [5, 5.41) is 10.0. The van der Waals surface area contributed by atoms with E-state index in [1.807, 2.05) is 40.7 Å². The first-order chi connectivity index (χ1) is 14.9. The second-order valence-electron chi connectivity index (χ2n) is 7.87. The van der Waals surface area contributed by atoms with E-state index in [2.05, 4.69) is 53.3 Å². The third-order valence-electron chi connectivity index (χ3n) is 5.47. The number of benzene rings is 2. The average Bonchev–Trinajstić information content (AvgIpc) is 3.18. The number of aromatic nitrogens is 3. The Labute approximate surface area is 192 Å². The maximum atomic E-state index is 13.0. The minimum atomic E-state index is -0.255. The van der Waals surface area contributed by atoms with Gasteiger partial charge in [-0.3, -0.25) is 9.36 Å². The van der Waals surface area contributed by atoms with E-state index in [1.165, 1.54) is 17.3 Å². The van der Waals surface area contributed by atoms with Gasteiger partial charge in [0.15, 0.2) is 11.0 Å². The molecule has 0 bridgehead atoms. The molecule has 4 rings (SSSR count). The van der Waals surface area contributed by atoms with Crippen molar-refractivity contribution in [1.29, 1.82) is 0 Å².